The summed E-state index contributed by atoms with van der Waals surface area (Å²) in [5.41, 5.74) is 1.46. The number of hydrogen-bond donors (Lipinski definition) is 2. The maximum atomic E-state index is 12.2. The number of rotatable bonds is 7. The first kappa shape index (κ1) is 19.7. The maximum absolute atomic E-state index is 12.2. The van der Waals surface area contributed by atoms with Gasteiger partial charge >= 0.3 is 11.8 Å². The number of nitrogens with zero attached hydrogens (tertiary/aromatic N) is 1. The second kappa shape index (κ2) is 9.21. The summed E-state index contributed by atoms with van der Waals surface area (Å²) in [4.78, 5) is 26.4. The summed E-state index contributed by atoms with van der Waals surface area (Å²) in [5, 5.41) is 9.24. The van der Waals surface area contributed by atoms with E-state index < -0.39 is 11.8 Å². The molecule has 1 aromatic carbocycles. The summed E-state index contributed by atoms with van der Waals surface area (Å²) in [6, 6.07) is 6.95. The zero-order chi connectivity index (χ0) is 19.1. The van der Waals surface area contributed by atoms with E-state index in [9.17, 15) is 9.59 Å². The normalized spacial score (nSPS) is 11.7. The monoisotopic (exact) mass is 377 g/mol. The zero-order valence-corrected chi connectivity index (χ0v) is 16.1. The number of benzene rings is 1. The smallest absolute Gasteiger partial charge is 0.313 e. The van der Waals surface area contributed by atoms with Crippen LogP contribution in [0.4, 0.5) is 5.69 Å². The molecule has 0 unspecified atom stereocenters. The first-order chi connectivity index (χ1) is 12.5. The molecule has 0 spiro atoms. The molecule has 2 rings (SSSR count). The lowest BCUT2D eigenvalue weighted by atomic mass is 10.1. The number of ether oxygens (including phenoxy) is 2. The Balaban J connectivity index is 2.00. The Morgan fingerprint density at radius 2 is 1.92 bits per heavy atom. The van der Waals surface area contributed by atoms with Crippen LogP contribution in [0.2, 0.25) is 0 Å². The van der Waals surface area contributed by atoms with Gasteiger partial charge in [0.25, 0.3) is 0 Å². The van der Waals surface area contributed by atoms with E-state index in [2.05, 4.69) is 10.6 Å². The predicted octanol–water partition coefficient (Wildman–Crippen LogP) is 2.12. The van der Waals surface area contributed by atoms with Gasteiger partial charge in [0, 0.05) is 12.6 Å². The third kappa shape index (κ3) is 4.96. The molecule has 1 aromatic heterocycles. The van der Waals surface area contributed by atoms with Gasteiger partial charge in [0.1, 0.15) is 11.5 Å². The SMILES string of the molecule is COc1ccc(OC)c(NC(=O)C(=O)NC[C@@H](c2ccsc2)N(C)C)c1. The fourth-order valence-electron chi connectivity index (χ4n) is 2.42. The van der Waals surface area contributed by atoms with Crippen molar-refractivity contribution >= 4 is 28.8 Å². The van der Waals surface area contributed by atoms with Crippen molar-refractivity contribution in [3.8, 4) is 11.5 Å². The van der Waals surface area contributed by atoms with E-state index in [0.717, 1.165) is 5.56 Å². The van der Waals surface area contributed by atoms with Crippen LogP contribution in [0.3, 0.4) is 0 Å². The molecule has 0 radical (unpaired) electrons. The molecular weight excluding hydrogens is 354 g/mol. The lowest BCUT2D eigenvalue weighted by Crippen LogP contribution is -2.40. The number of methoxy groups -OCH3 is 2. The number of carbonyl (C=O) groups is 2. The largest absolute Gasteiger partial charge is 0.497 e. The lowest BCUT2D eigenvalue weighted by molar-refractivity contribution is -0.136. The number of anilines is 1. The molecule has 8 heteroatoms. The van der Waals surface area contributed by atoms with E-state index >= 15 is 0 Å². The van der Waals surface area contributed by atoms with E-state index in [-0.39, 0.29) is 6.04 Å². The molecule has 1 heterocycles. The van der Waals surface area contributed by atoms with Gasteiger partial charge in [-0.3, -0.25) is 9.59 Å². The standard InChI is InChI=1S/C18H23N3O4S/c1-21(2)15(12-7-8-26-11-12)10-19-17(22)18(23)20-14-9-13(24-3)5-6-16(14)25-4/h5-9,11,15H,10H2,1-4H3,(H,19,22)(H,20,23)/t15-/m0/s1. The van der Waals surface area contributed by atoms with Crippen molar-refractivity contribution in [1.82, 2.24) is 10.2 Å². The molecule has 0 saturated carbocycles. The van der Waals surface area contributed by atoms with Gasteiger partial charge in [-0.05, 0) is 48.6 Å². The van der Waals surface area contributed by atoms with Crippen molar-refractivity contribution in [2.24, 2.45) is 0 Å². The minimum absolute atomic E-state index is 0.00986. The number of hydrogen-bond acceptors (Lipinski definition) is 6. The number of thiophene rings is 1. The molecular formula is C18H23N3O4S. The van der Waals surface area contributed by atoms with Gasteiger partial charge in [-0.2, -0.15) is 11.3 Å². The van der Waals surface area contributed by atoms with Gasteiger partial charge in [-0.1, -0.05) is 0 Å². The fraction of sp³-hybridized carbons (Fsp3) is 0.333. The van der Waals surface area contributed by atoms with Gasteiger partial charge in [0.15, 0.2) is 0 Å². The molecule has 0 aliphatic heterocycles. The van der Waals surface area contributed by atoms with Crippen LogP contribution in [0, 0.1) is 0 Å². The molecule has 2 N–H and O–H groups in total. The first-order valence-corrected chi connectivity index (χ1v) is 8.90. The average molecular weight is 377 g/mol. The predicted molar refractivity (Wildman–Crippen MR) is 102 cm³/mol. The van der Waals surface area contributed by atoms with Crippen LogP contribution in [0.15, 0.2) is 35.0 Å². The fourth-order valence-corrected chi connectivity index (χ4v) is 3.13. The molecule has 0 aliphatic carbocycles. The molecule has 140 valence electrons. The average Bonchev–Trinajstić information content (AvgIpc) is 3.15. The Labute approximate surface area is 156 Å². The van der Waals surface area contributed by atoms with Crippen LogP contribution >= 0.6 is 11.3 Å². The molecule has 0 saturated heterocycles. The van der Waals surface area contributed by atoms with Crippen molar-refractivity contribution in [3.05, 3.63) is 40.6 Å². The highest BCUT2D eigenvalue weighted by Crippen LogP contribution is 2.28. The van der Waals surface area contributed by atoms with E-state index in [1.165, 1.54) is 14.2 Å². The molecule has 0 bridgehead atoms. The Kier molecular flexibility index (Phi) is 6.99. The van der Waals surface area contributed by atoms with Crippen molar-refractivity contribution < 1.29 is 19.1 Å². The van der Waals surface area contributed by atoms with E-state index in [1.54, 1.807) is 29.5 Å². The Morgan fingerprint density at radius 1 is 1.15 bits per heavy atom. The second-order valence-corrected chi connectivity index (χ2v) is 6.55. The Morgan fingerprint density at radius 3 is 2.50 bits per heavy atom. The summed E-state index contributed by atoms with van der Waals surface area (Å²) in [7, 11) is 6.86. The topological polar surface area (TPSA) is 79.9 Å². The van der Waals surface area contributed by atoms with Gasteiger partial charge in [0.2, 0.25) is 0 Å². The van der Waals surface area contributed by atoms with Crippen LogP contribution in [0.5, 0.6) is 11.5 Å². The summed E-state index contributed by atoms with van der Waals surface area (Å²) in [6.07, 6.45) is 0. The highest BCUT2D eigenvalue weighted by atomic mass is 32.1. The summed E-state index contributed by atoms with van der Waals surface area (Å²) < 4.78 is 10.3. The zero-order valence-electron chi connectivity index (χ0n) is 15.2. The summed E-state index contributed by atoms with van der Waals surface area (Å²) in [5.74, 6) is -0.487. The molecule has 26 heavy (non-hydrogen) atoms. The van der Waals surface area contributed by atoms with Crippen molar-refractivity contribution in [1.29, 1.82) is 0 Å². The second-order valence-electron chi connectivity index (χ2n) is 5.77. The van der Waals surface area contributed by atoms with Crippen molar-refractivity contribution in [2.45, 2.75) is 6.04 Å². The van der Waals surface area contributed by atoms with Gasteiger partial charge in [0.05, 0.1) is 25.9 Å². The maximum Gasteiger partial charge on any atom is 0.313 e. The molecule has 0 fully saturated rings. The first-order valence-electron chi connectivity index (χ1n) is 7.96. The number of amides is 2. The Hall–Kier alpha value is -2.58. The lowest BCUT2D eigenvalue weighted by Gasteiger charge is -2.23. The van der Waals surface area contributed by atoms with Gasteiger partial charge in [-0.15, -0.1) is 0 Å². The summed E-state index contributed by atoms with van der Waals surface area (Å²) in [6.45, 7) is 0.325. The van der Waals surface area contributed by atoms with E-state index in [0.29, 0.717) is 23.7 Å². The highest BCUT2D eigenvalue weighted by molar-refractivity contribution is 7.08. The van der Waals surface area contributed by atoms with Gasteiger partial charge in [-0.25, -0.2) is 0 Å². The molecule has 0 aliphatic rings. The number of likely N-dealkylation sites (N-methyl/N-ethyl adjacent to an activating group) is 1. The third-order valence-electron chi connectivity index (χ3n) is 3.87. The molecule has 7 nitrogen and oxygen atoms in total. The van der Waals surface area contributed by atoms with Gasteiger partial charge < -0.3 is 25.0 Å². The van der Waals surface area contributed by atoms with E-state index in [1.807, 2.05) is 35.8 Å². The number of carbonyl (C=O) groups excluding carboxylic acids is 2. The van der Waals surface area contributed by atoms with Crippen LogP contribution in [-0.2, 0) is 9.59 Å². The quantitative estimate of drug-likeness (QED) is 0.723. The van der Waals surface area contributed by atoms with E-state index in [4.69, 9.17) is 9.47 Å². The molecule has 1 atom stereocenters. The minimum atomic E-state index is -0.764. The third-order valence-corrected chi connectivity index (χ3v) is 4.57. The minimum Gasteiger partial charge on any atom is -0.497 e. The van der Waals surface area contributed by atoms with Crippen LogP contribution in [0.1, 0.15) is 11.6 Å². The van der Waals surface area contributed by atoms with Crippen molar-refractivity contribution in [2.75, 3.05) is 40.2 Å². The van der Waals surface area contributed by atoms with Crippen LogP contribution in [0.25, 0.3) is 0 Å². The molecule has 2 amide bonds. The molecule has 2 aromatic rings. The summed E-state index contributed by atoms with van der Waals surface area (Å²) >= 11 is 1.59. The van der Waals surface area contributed by atoms with Crippen LogP contribution in [-0.4, -0.2) is 51.6 Å². The number of nitrogens with one attached hydrogen (secondary N) is 2. The van der Waals surface area contributed by atoms with Crippen LogP contribution < -0.4 is 20.1 Å². The van der Waals surface area contributed by atoms with Crippen molar-refractivity contribution in [3.63, 3.8) is 0 Å². The highest BCUT2D eigenvalue weighted by Gasteiger charge is 2.20. The Bertz CT molecular complexity index is 747.